The van der Waals surface area contributed by atoms with Gasteiger partial charge in [0.15, 0.2) is 0 Å². The summed E-state index contributed by atoms with van der Waals surface area (Å²) < 4.78 is 5.23. The molecule has 162 valence electrons. The predicted octanol–water partition coefficient (Wildman–Crippen LogP) is 2.66. The number of nitrogens with zero attached hydrogens (tertiary/aromatic N) is 2. The van der Waals surface area contributed by atoms with Crippen molar-refractivity contribution in [3.63, 3.8) is 0 Å². The van der Waals surface area contributed by atoms with Gasteiger partial charge in [-0.2, -0.15) is 0 Å². The van der Waals surface area contributed by atoms with Crippen LogP contribution in [0.4, 0.5) is 0 Å². The minimum atomic E-state index is -0.217. The number of carbonyl (C=O) groups excluding carboxylic acids is 2. The number of amides is 2. The number of benzene rings is 2. The zero-order valence-electron chi connectivity index (χ0n) is 17.7. The summed E-state index contributed by atoms with van der Waals surface area (Å²) in [7, 11) is 1.65. The summed E-state index contributed by atoms with van der Waals surface area (Å²) in [5, 5.41) is 9.98. The maximum atomic E-state index is 12.7. The molecule has 2 heterocycles. The summed E-state index contributed by atoms with van der Waals surface area (Å²) in [6.45, 7) is 0.637. The quantitative estimate of drug-likeness (QED) is 0.808. The van der Waals surface area contributed by atoms with Gasteiger partial charge in [0.05, 0.1) is 32.3 Å². The van der Waals surface area contributed by atoms with E-state index in [1.165, 1.54) is 0 Å². The first-order valence-electron chi connectivity index (χ1n) is 11.1. The monoisotopic (exact) mass is 420 g/mol. The Kier molecular flexibility index (Phi) is 5.18. The van der Waals surface area contributed by atoms with Gasteiger partial charge in [-0.25, -0.2) is 0 Å². The Morgan fingerprint density at radius 2 is 1.71 bits per heavy atom. The van der Waals surface area contributed by atoms with E-state index in [2.05, 4.69) is 24.3 Å². The van der Waals surface area contributed by atoms with Crippen molar-refractivity contribution < 1.29 is 19.4 Å². The maximum Gasteiger partial charge on any atom is 0.242 e. The van der Waals surface area contributed by atoms with Gasteiger partial charge in [0.2, 0.25) is 11.8 Å². The smallest absolute Gasteiger partial charge is 0.242 e. The van der Waals surface area contributed by atoms with E-state index in [0.29, 0.717) is 6.54 Å². The molecule has 2 saturated heterocycles. The Labute approximate surface area is 182 Å². The molecule has 3 atom stereocenters. The lowest BCUT2D eigenvalue weighted by Crippen LogP contribution is -2.73. The molecule has 5 rings (SSSR count). The zero-order chi connectivity index (χ0) is 21.5. The lowest BCUT2D eigenvalue weighted by Gasteiger charge is -2.59. The van der Waals surface area contributed by atoms with Crippen molar-refractivity contribution in [3.8, 4) is 16.9 Å². The van der Waals surface area contributed by atoms with Gasteiger partial charge in [0.25, 0.3) is 0 Å². The molecule has 0 aromatic heterocycles. The molecular weight excluding hydrogens is 392 g/mol. The highest BCUT2D eigenvalue weighted by Crippen LogP contribution is 2.44. The number of fused-ring (bicyclic) bond motifs is 1. The van der Waals surface area contributed by atoms with Crippen LogP contribution in [0.3, 0.4) is 0 Å². The molecule has 0 spiro atoms. The van der Waals surface area contributed by atoms with Crippen LogP contribution in [0.1, 0.15) is 30.7 Å². The number of hydrogen-bond donors (Lipinski definition) is 1. The fourth-order valence-electron chi connectivity index (χ4n) is 5.26. The molecule has 3 fully saturated rings. The summed E-state index contributed by atoms with van der Waals surface area (Å²) in [6, 6.07) is 16.0. The molecule has 1 aliphatic carbocycles. The highest BCUT2D eigenvalue weighted by atomic mass is 16.5. The third-order valence-electron chi connectivity index (χ3n) is 7.24. The molecule has 2 aromatic carbocycles. The van der Waals surface area contributed by atoms with Crippen molar-refractivity contribution in [2.75, 3.05) is 26.8 Å². The Hall–Kier alpha value is -2.86. The third kappa shape index (κ3) is 3.39. The second-order valence-corrected chi connectivity index (χ2v) is 8.84. The van der Waals surface area contributed by atoms with Gasteiger partial charge < -0.3 is 19.6 Å². The molecular formula is C25H28N2O4. The lowest BCUT2D eigenvalue weighted by molar-refractivity contribution is -0.169. The second-order valence-electron chi connectivity index (χ2n) is 8.84. The van der Waals surface area contributed by atoms with E-state index in [9.17, 15) is 14.7 Å². The predicted molar refractivity (Wildman–Crippen MR) is 117 cm³/mol. The van der Waals surface area contributed by atoms with Crippen LogP contribution in [-0.4, -0.2) is 65.6 Å². The maximum absolute atomic E-state index is 12.7. The van der Waals surface area contributed by atoms with Crippen LogP contribution in [0.2, 0.25) is 0 Å². The van der Waals surface area contributed by atoms with E-state index >= 15 is 0 Å². The summed E-state index contributed by atoms with van der Waals surface area (Å²) >= 11 is 0. The molecule has 6 heteroatoms. The Morgan fingerprint density at radius 1 is 1.06 bits per heavy atom. The second kappa shape index (κ2) is 8.00. The Balaban J connectivity index is 1.35. The van der Waals surface area contributed by atoms with E-state index in [1.807, 2.05) is 24.3 Å². The first-order valence-corrected chi connectivity index (χ1v) is 11.1. The highest BCUT2D eigenvalue weighted by Gasteiger charge is 2.54. The van der Waals surface area contributed by atoms with Gasteiger partial charge in [-0.05, 0) is 41.7 Å². The minimum absolute atomic E-state index is 0.0378. The van der Waals surface area contributed by atoms with Crippen LogP contribution in [0.15, 0.2) is 48.5 Å². The van der Waals surface area contributed by atoms with Crippen LogP contribution >= 0.6 is 0 Å². The van der Waals surface area contributed by atoms with Gasteiger partial charge in [0.1, 0.15) is 5.75 Å². The molecule has 6 nitrogen and oxygen atoms in total. The van der Waals surface area contributed by atoms with Crippen LogP contribution in [-0.2, 0) is 9.59 Å². The molecule has 2 aliphatic heterocycles. The number of hydrogen-bond acceptors (Lipinski definition) is 4. The topological polar surface area (TPSA) is 70.1 Å². The molecule has 2 aromatic rings. The molecule has 0 bridgehead atoms. The van der Waals surface area contributed by atoms with Crippen molar-refractivity contribution in [2.45, 2.75) is 37.3 Å². The van der Waals surface area contributed by atoms with Crippen LogP contribution in [0.25, 0.3) is 11.1 Å². The number of methoxy groups -OCH3 is 1. The van der Waals surface area contributed by atoms with Gasteiger partial charge in [0, 0.05) is 18.4 Å². The normalized spacial score (nSPS) is 25.5. The van der Waals surface area contributed by atoms with E-state index in [1.54, 1.807) is 16.9 Å². The highest BCUT2D eigenvalue weighted by molar-refractivity contribution is 5.89. The van der Waals surface area contributed by atoms with Crippen molar-refractivity contribution in [2.24, 2.45) is 5.92 Å². The van der Waals surface area contributed by atoms with Crippen LogP contribution in [0, 0.1) is 5.92 Å². The standard InChI is InChI=1S/C25H28N2O4/c1-31-20-11-9-17(10-12-20)16-5-7-18(8-6-16)24-21-13-26(25(30)19-3-2-4-19)14-23(29)27(21)22(24)15-28/h5-12,19,21-22,24,28H,2-4,13-15H2,1H3/t21-,22+,24-/m0/s1. The zero-order valence-corrected chi connectivity index (χ0v) is 17.7. The summed E-state index contributed by atoms with van der Waals surface area (Å²) in [5.41, 5.74) is 3.30. The lowest BCUT2D eigenvalue weighted by atomic mass is 9.73. The van der Waals surface area contributed by atoms with Crippen molar-refractivity contribution in [3.05, 3.63) is 54.1 Å². The number of rotatable bonds is 5. The minimum Gasteiger partial charge on any atom is -0.497 e. The summed E-state index contributed by atoms with van der Waals surface area (Å²) in [5.74, 6) is 1.03. The first kappa shape index (κ1) is 20.1. The SMILES string of the molecule is COc1ccc(-c2ccc([C@@H]3[C@@H](CO)N4C(=O)CN(C(=O)C5CCC5)C[C@@H]34)cc2)cc1. The summed E-state index contributed by atoms with van der Waals surface area (Å²) in [6.07, 6.45) is 2.98. The summed E-state index contributed by atoms with van der Waals surface area (Å²) in [4.78, 5) is 29.0. The molecule has 1 N–H and O–H groups in total. The Bertz CT molecular complexity index is 968. The number of aliphatic hydroxyl groups is 1. The molecule has 31 heavy (non-hydrogen) atoms. The molecule has 0 unspecified atom stereocenters. The molecule has 2 amide bonds. The fraction of sp³-hybridized carbons (Fsp3) is 0.440. The largest absolute Gasteiger partial charge is 0.497 e. The van der Waals surface area contributed by atoms with Crippen molar-refractivity contribution >= 4 is 11.8 Å². The number of ether oxygens (including phenoxy) is 1. The van der Waals surface area contributed by atoms with E-state index < -0.39 is 0 Å². The number of piperazine rings is 1. The van der Waals surface area contributed by atoms with Crippen LogP contribution < -0.4 is 4.74 Å². The van der Waals surface area contributed by atoms with Gasteiger partial charge in [-0.3, -0.25) is 9.59 Å². The molecule has 3 aliphatic rings. The average Bonchev–Trinajstić information content (AvgIpc) is 2.74. The molecule has 1 saturated carbocycles. The number of carbonyl (C=O) groups is 2. The molecule has 0 radical (unpaired) electrons. The van der Waals surface area contributed by atoms with Gasteiger partial charge in [-0.15, -0.1) is 0 Å². The van der Waals surface area contributed by atoms with E-state index in [4.69, 9.17) is 4.74 Å². The van der Waals surface area contributed by atoms with E-state index in [0.717, 1.165) is 41.7 Å². The third-order valence-corrected chi connectivity index (χ3v) is 7.24. The van der Waals surface area contributed by atoms with Crippen molar-refractivity contribution in [1.29, 1.82) is 0 Å². The van der Waals surface area contributed by atoms with E-state index in [-0.39, 0.29) is 48.9 Å². The Morgan fingerprint density at radius 3 is 2.26 bits per heavy atom. The van der Waals surface area contributed by atoms with Crippen molar-refractivity contribution in [1.82, 2.24) is 9.80 Å². The first-order chi connectivity index (χ1) is 15.1. The fourth-order valence-corrected chi connectivity index (χ4v) is 5.26. The number of aliphatic hydroxyl groups excluding tert-OH is 1. The van der Waals surface area contributed by atoms with Crippen LogP contribution in [0.5, 0.6) is 5.75 Å². The van der Waals surface area contributed by atoms with Gasteiger partial charge >= 0.3 is 0 Å². The van der Waals surface area contributed by atoms with Gasteiger partial charge in [-0.1, -0.05) is 42.8 Å². The average molecular weight is 421 g/mol.